The number of likely N-dealkylation sites (N-methyl/N-ethyl adjacent to an activating group) is 2. The van der Waals surface area contributed by atoms with Crippen molar-refractivity contribution in [2.45, 2.75) is 196 Å². The number of ether oxygens (including phenoxy) is 3. The number of nitrogens with zero attached hydrogens (tertiary/aromatic N) is 6. The maximum Gasteiger partial charge on any atom is 2.00 e. The zero-order valence-electron chi connectivity index (χ0n) is 67.4. The number of fused-ring (bicyclic) bond motifs is 6. The van der Waals surface area contributed by atoms with E-state index in [2.05, 4.69) is 170 Å². The Balaban J connectivity index is 0.000000245. The molecule has 0 unspecified atom stereocenters. The molecule has 0 atom stereocenters. The van der Waals surface area contributed by atoms with Crippen LogP contribution in [0.1, 0.15) is 218 Å². The van der Waals surface area contributed by atoms with Crippen LogP contribution in [0.2, 0.25) is 0 Å². The number of benzene rings is 9. The Morgan fingerprint density at radius 2 is 1.14 bits per heavy atom. The number of phenolic OH excluding ortho intramolecular Hbond substituents is 4. The molecule has 0 spiro atoms. The Morgan fingerprint density at radius 1 is 0.582 bits per heavy atom. The van der Waals surface area contributed by atoms with Crippen molar-refractivity contribution in [2.24, 2.45) is 20.5 Å². The number of aromatic hydroxyl groups is 4. The van der Waals surface area contributed by atoms with E-state index < -0.39 is 18.7 Å². The third-order valence-corrected chi connectivity index (χ3v) is 21.1. The van der Waals surface area contributed by atoms with E-state index in [0.29, 0.717) is 28.4 Å². The molecule has 3 heterocycles. The van der Waals surface area contributed by atoms with Crippen molar-refractivity contribution in [3.05, 3.63) is 239 Å². The van der Waals surface area contributed by atoms with Gasteiger partial charge in [-0.25, -0.2) is 9.37 Å². The third-order valence-electron chi connectivity index (χ3n) is 21.1. The Hall–Kier alpha value is -9.38. The van der Waals surface area contributed by atoms with Crippen LogP contribution >= 0.6 is 0 Å². The predicted molar refractivity (Wildman–Crippen MR) is 444 cm³/mol. The number of carbonyl (C=O) groups excluding carboxylic acids is 2. The Morgan fingerprint density at radius 3 is 1.71 bits per heavy atom. The molecule has 0 bridgehead atoms. The number of hydrogen-bond donors (Lipinski definition) is 4. The monoisotopic (exact) mass is 1570 g/mol. The first kappa shape index (κ1) is 89.5. The minimum absolute atomic E-state index is 0. The Kier molecular flexibility index (Phi) is 32.6. The largest absolute Gasteiger partial charge is 2.00 e. The maximum atomic E-state index is 13.5. The molecule has 110 heavy (non-hydrogen) atoms. The summed E-state index contributed by atoms with van der Waals surface area (Å²) in [4.78, 5) is 27.3. The SMILES string of the molecule is C1CCCC1.CCC(C)(C)c1ccc(O)c(N=NC)c1.CCC(C)(C)c1ccc(O)c(N=Nc2c(O)ccc3ccccc23)c1.CCN1c2cc3c(cc2C(C)=CC1(C)C)C(c1ccccc1C(=O)OCOC(C)=O)=c1cc2c(cc1O3)=[N+](CC)C(C)(C)C=C2C.Oc1ccc2ccccc2c1.[CH-]1CCCC1.[CH3-].[Co].[Fe+2]. The zero-order chi connectivity index (χ0) is 77.4. The summed E-state index contributed by atoms with van der Waals surface area (Å²) >= 11 is 0. The van der Waals surface area contributed by atoms with Crippen LogP contribution in [0, 0.1) is 13.8 Å². The van der Waals surface area contributed by atoms with Crippen LogP contribution in [0.5, 0.6) is 34.5 Å². The van der Waals surface area contributed by atoms with Crippen molar-refractivity contribution < 1.29 is 78.1 Å². The van der Waals surface area contributed by atoms with Gasteiger partial charge in [0.2, 0.25) is 12.2 Å². The van der Waals surface area contributed by atoms with Crippen molar-refractivity contribution in [1.29, 1.82) is 0 Å². The standard InChI is InChI=1S/C39H43N2O5.C21H22N2O2.C12H18N2O.C10H8O.C5H10.C5H9.CH3.Co.Fe/c1-10-40-32-18-34-30(16-28(32)23(3)20-38(40,6)7)36(26-14-12-13-15-27(26)37(43)45-22-44-25(5)42)31-17-29-24(4)21-39(8,9)41(11-2)33(29)19-35(31)46-34;1-4-21(2,3)15-10-12-18(24)17(13-15)22-23-20-16-8-6-5-7-14(16)9-11-19(20)25;1-5-12(2,3)9-6-7-11(15)10(8-9)14-13-4;11-10-6-5-8-3-1-2-4-9(8)7-10;2*1-2-4-5-3-1;;;/h12-21H,10-11,22H2,1-9H3;5-13,24-25H,4H2,1-3H3;6-8,15H,5H2,1-4H3;1-7,11H;1-5H2;1H,2-5H2;1H3;;/q+1;;;;;2*-1;;+2. The second kappa shape index (κ2) is 40.0. The summed E-state index contributed by atoms with van der Waals surface area (Å²) in [6.07, 6.45) is 22.1. The van der Waals surface area contributed by atoms with Gasteiger partial charge in [-0.1, -0.05) is 184 Å². The summed E-state index contributed by atoms with van der Waals surface area (Å²) in [6.45, 7) is 33.0. The maximum absolute atomic E-state index is 13.5. The zero-order valence-corrected chi connectivity index (χ0v) is 69.6. The minimum Gasteiger partial charge on any atom is -0.508 e. The van der Waals surface area contributed by atoms with Crippen LogP contribution in [0.15, 0.2) is 196 Å². The van der Waals surface area contributed by atoms with E-state index in [4.69, 9.17) is 19.3 Å². The molecular formula is C93H113CoFeN6O9+. The number of allylic oxidation sites excluding steroid dienone is 2. The van der Waals surface area contributed by atoms with Crippen molar-refractivity contribution in [3.8, 4) is 34.5 Å². The van der Waals surface area contributed by atoms with Gasteiger partial charge in [-0.05, 0) is 176 Å². The Labute approximate surface area is 673 Å². The van der Waals surface area contributed by atoms with Crippen LogP contribution in [-0.4, -0.2) is 70.4 Å². The van der Waals surface area contributed by atoms with Gasteiger partial charge in [-0.15, -0.1) is 10.2 Å². The quantitative estimate of drug-likeness (QED) is 0.0215. The van der Waals surface area contributed by atoms with Crippen LogP contribution in [0.25, 0.3) is 38.3 Å². The predicted octanol–water partition coefficient (Wildman–Crippen LogP) is 23.3. The van der Waals surface area contributed by atoms with Gasteiger partial charge in [0.15, 0.2) is 5.54 Å². The molecule has 2 aliphatic carbocycles. The molecule has 9 aromatic rings. The smallest absolute Gasteiger partial charge is 0.508 e. The summed E-state index contributed by atoms with van der Waals surface area (Å²) in [5.74, 6) is 1.01. The number of carbonyl (C=O) groups is 2. The van der Waals surface area contributed by atoms with E-state index in [1.165, 1.54) is 81.4 Å². The normalized spacial score (nSPS) is 14.7. The molecule has 5 aliphatic rings. The van der Waals surface area contributed by atoms with Crippen LogP contribution < -0.4 is 24.8 Å². The van der Waals surface area contributed by atoms with Crippen LogP contribution in [0.3, 0.4) is 0 Å². The third kappa shape index (κ3) is 21.8. The molecule has 3 aliphatic heterocycles. The molecule has 1 radical (unpaired) electrons. The Bertz CT molecular complexity index is 4930. The first-order chi connectivity index (χ1) is 51.1. The van der Waals surface area contributed by atoms with E-state index >= 15 is 0 Å². The molecule has 4 N–H and O–H groups in total. The number of anilines is 1. The van der Waals surface area contributed by atoms with Gasteiger partial charge < -0.3 is 53.4 Å². The van der Waals surface area contributed by atoms with Gasteiger partial charge in [0.25, 0.3) is 0 Å². The average Bonchev–Trinajstić information content (AvgIpc) is 0.767. The van der Waals surface area contributed by atoms with Crippen molar-refractivity contribution in [2.75, 3.05) is 31.8 Å². The molecular weight excluding hydrogens is 1460 g/mol. The molecule has 9 aromatic carbocycles. The molecule has 14 rings (SSSR count). The summed E-state index contributed by atoms with van der Waals surface area (Å²) in [5.41, 5.74) is 12.0. The molecule has 2 fully saturated rings. The van der Waals surface area contributed by atoms with E-state index in [0.717, 1.165) is 109 Å². The van der Waals surface area contributed by atoms with E-state index in [-0.39, 0.29) is 80.4 Å². The topological polar surface area (TPSA) is 198 Å². The molecule has 15 nitrogen and oxygen atoms in total. The van der Waals surface area contributed by atoms with Gasteiger partial charge in [0.1, 0.15) is 58.1 Å². The molecule has 0 amide bonds. The summed E-state index contributed by atoms with van der Waals surface area (Å²) in [6, 6.07) is 51.5. The number of phenols is 4. The van der Waals surface area contributed by atoms with Gasteiger partial charge in [-0.2, -0.15) is 23.1 Å². The average molecular weight is 1570 g/mol. The van der Waals surface area contributed by atoms with Crippen LogP contribution in [-0.2, 0) is 58.9 Å². The number of azo groups is 2. The molecule has 17 heteroatoms. The fraction of sp³-hybridized carbons (Fsp3) is 0.366. The van der Waals surface area contributed by atoms with E-state index in [9.17, 15) is 24.9 Å². The van der Waals surface area contributed by atoms with Gasteiger partial charge in [0, 0.05) is 95.8 Å². The number of rotatable bonds is 13. The summed E-state index contributed by atoms with van der Waals surface area (Å²) in [7, 11) is 1.59. The molecule has 585 valence electrons. The molecule has 0 aromatic heterocycles. The first-order valence-electron chi connectivity index (χ1n) is 37.9. The van der Waals surface area contributed by atoms with Crippen molar-refractivity contribution >= 4 is 73.0 Å². The summed E-state index contributed by atoms with van der Waals surface area (Å²) < 4.78 is 19.6. The fourth-order valence-electron chi connectivity index (χ4n) is 14.4. The second-order valence-corrected chi connectivity index (χ2v) is 30.3. The van der Waals surface area contributed by atoms with Crippen molar-refractivity contribution in [3.63, 3.8) is 0 Å². The van der Waals surface area contributed by atoms with E-state index in [1.54, 1.807) is 43.4 Å². The van der Waals surface area contributed by atoms with Gasteiger partial charge in [-0.3, -0.25) is 4.79 Å². The fourth-order valence-corrected chi connectivity index (χ4v) is 14.4. The number of hydrogen-bond acceptors (Lipinski definition) is 14. The van der Waals surface area contributed by atoms with Gasteiger partial charge >= 0.3 is 29.0 Å². The summed E-state index contributed by atoms with van der Waals surface area (Å²) in [5, 5.41) is 61.0. The number of esters is 2. The van der Waals surface area contributed by atoms with Crippen molar-refractivity contribution in [1.82, 2.24) is 4.58 Å². The molecule has 0 saturated heterocycles. The first-order valence-corrected chi connectivity index (χ1v) is 37.9. The van der Waals surface area contributed by atoms with Crippen LogP contribution in [0.4, 0.5) is 22.7 Å². The second-order valence-electron chi connectivity index (χ2n) is 30.3. The van der Waals surface area contributed by atoms with Gasteiger partial charge in [0.05, 0.1) is 17.2 Å². The van der Waals surface area contributed by atoms with E-state index in [1.807, 2.05) is 103 Å². The molecule has 2 saturated carbocycles. The minimum atomic E-state index is -0.570.